The van der Waals surface area contributed by atoms with Crippen molar-refractivity contribution in [2.45, 2.75) is 19.3 Å². The Balaban J connectivity index is 1.71. The Hall–Kier alpha value is -2.64. The highest BCUT2D eigenvalue weighted by molar-refractivity contribution is 5.91. The molecule has 1 aliphatic rings. The number of hydrogen-bond donors (Lipinski definition) is 0. The minimum Gasteiger partial charge on any atom is -0.330 e. The number of nitrogens with zero attached hydrogens (tertiary/aromatic N) is 4. The number of alkyl halides is 3. The van der Waals surface area contributed by atoms with Crippen molar-refractivity contribution in [3.05, 3.63) is 53.6 Å². The Morgan fingerprint density at radius 2 is 1.87 bits per heavy atom. The fourth-order valence-electron chi connectivity index (χ4n) is 2.39. The van der Waals surface area contributed by atoms with Crippen molar-refractivity contribution >= 4 is 12.0 Å². The molecule has 0 spiro atoms. The molecule has 120 valence electrons. The van der Waals surface area contributed by atoms with Gasteiger partial charge in [0.2, 0.25) is 11.7 Å². The average molecular weight is 322 g/mol. The summed E-state index contributed by atoms with van der Waals surface area (Å²) in [6.45, 7) is 0.231. The van der Waals surface area contributed by atoms with Gasteiger partial charge in [0.1, 0.15) is 0 Å². The fourth-order valence-corrected chi connectivity index (χ4v) is 2.39. The third-order valence-corrected chi connectivity index (χ3v) is 3.54. The van der Waals surface area contributed by atoms with Gasteiger partial charge in [-0.1, -0.05) is 30.3 Å². The van der Waals surface area contributed by atoms with Gasteiger partial charge in [0, 0.05) is 19.2 Å². The van der Waals surface area contributed by atoms with E-state index in [4.69, 9.17) is 0 Å². The first kappa shape index (κ1) is 15.3. The van der Waals surface area contributed by atoms with E-state index in [0.29, 0.717) is 0 Å². The van der Waals surface area contributed by atoms with Crippen LogP contribution >= 0.6 is 0 Å². The molecular weight excluding hydrogens is 309 g/mol. The average Bonchev–Trinajstić information content (AvgIpc) is 2.96. The molecule has 5 nitrogen and oxygen atoms in total. The van der Waals surface area contributed by atoms with Crippen LogP contribution in [0.4, 0.5) is 13.2 Å². The van der Waals surface area contributed by atoms with Crippen molar-refractivity contribution in [3.8, 4) is 0 Å². The molecule has 23 heavy (non-hydrogen) atoms. The topological polar surface area (TPSA) is 51.0 Å². The zero-order chi connectivity index (χ0) is 16.4. The Morgan fingerprint density at radius 1 is 1.13 bits per heavy atom. The molecule has 8 heteroatoms. The first-order chi connectivity index (χ1) is 10.9. The molecule has 0 atom stereocenters. The Morgan fingerprint density at radius 3 is 2.57 bits per heavy atom. The number of benzene rings is 1. The maximum Gasteiger partial charge on any atom is 0.451 e. The van der Waals surface area contributed by atoms with Gasteiger partial charge in [-0.3, -0.25) is 4.79 Å². The van der Waals surface area contributed by atoms with E-state index in [2.05, 4.69) is 10.2 Å². The van der Waals surface area contributed by atoms with E-state index >= 15 is 0 Å². The summed E-state index contributed by atoms with van der Waals surface area (Å²) in [5.74, 6) is -1.14. The highest BCUT2D eigenvalue weighted by Crippen LogP contribution is 2.29. The molecule has 0 radical (unpaired) electrons. The van der Waals surface area contributed by atoms with Crippen LogP contribution in [0.25, 0.3) is 6.08 Å². The lowest BCUT2D eigenvalue weighted by Crippen LogP contribution is -2.38. The van der Waals surface area contributed by atoms with Gasteiger partial charge in [0.25, 0.3) is 0 Å². The quantitative estimate of drug-likeness (QED) is 0.798. The molecule has 1 aliphatic heterocycles. The molecule has 0 bridgehead atoms. The zero-order valence-electron chi connectivity index (χ0n) is 12.0. The van der Waals surface area contributed by atoms with Crippen LogP contribution < -0.4 is 0 Å². The third kappa shape index (κ3) is 3.25. The number of rotatable bonds is 2. The standard InChI is InChI=1S/C15H13F3N4O/c16-15(17,18)14-20-19-12-10-21(8-9-22(12)14)13(23)7-6-11-4-2-1-3-5-11/h1-7H,8-10H2/b7-6+. The SMILES string of the molecule is O=C(/C=C/c1ccccc1)N1CCn2c(nnc2C(F)(F)F)C1. The number of aromatic nitrogens is 3. The monoisotopic (exact) mass is 322 g/mol. The lowest BCUT2D eigenvalue weighted by Gasteiger charge is -2.27. The molecule has 3 rings (SSSR count). The lowest BCUT2D eigenvalue weighted by atomic mass is 10.2. The van der Waals surface area contributed by atoms with E-state index in [-0.39, 0.29) is 31.4 Å². The van der Waals surface area contributed by atoms with Crippen molar-refractivity contribution in [2.24, 2.45) is 0 Å². The van der Waals surface area contributed by atoms with E-state index in [1.165, 1.54) is 11.0 Å². The van der Waals surface area contributed by atoms with Crippen molar-refractivity contribution in [1.82, 2.24) is 19.7 Å². The number of amides is 1. The van der Waals surface area contributed by atoms with E-state index in [1.54, 1.807) is 6.08 Å². The molecule has 1 aromatic carbocycles. The minimum absolute atomic E-state index is 0.0149. The minimum atomic E-state index is -4.54. The highest BCUT2D eigenvalue weighted by Gasteiger charge is 2.39. The summed E-state index contributed by atoms with van der Waals surface area (Å²) in [6, 6.07) is 9.28. The van der Waals surface area contributed by atoms with Crippen LogP contribution in [0.3, 0.4) is 0 Å². The number of fused-ring (bicyclic) bond motifs is 1. The molecule has 0 saturated carbocycles. The molecule has 0 saturated heterocycles. The van der Waals surface area contributed by atoms with E-state index in [9.17, 15) is 18.0 Å². The molecule has 2 aromatic rings. The predicted molar refractivity (Wildman–Crippen MR) is 75.9 cm³/mol. The smallest absolute Gasteiger partial charge is 0.330 e. The molecule has 0 N–H and O–H groups in total. The Labute approximate surface area is 130 Å². The van der Waals surface area contributed by atoms with Crippen LogP contribution in [0.15, 0.2) is 36.4 Å². The van der Waals surface area contributed by atoms with Gasteiger partial charge >= 0.3 is 6.18 Å². The van der Waals surface area contributed by atoms with E-state index in [1.807, 2.05) is 30.3 Å². The first-order valence-corrected chi connectivity index (χ1v) is 6.96. The molecule has 0 fully saturated rings. The first-order valence-electron chi connectivity index (χ1n) is 6.96. The molecule has 0 unspecified atom stereocenters. The van der Waals surface area contributed by atoms with Crippen LogP contribution in [0, 0.1) is 0 Å². The molecule has 2 heterocycles. The number of hydrogen-bond acceptors (Lipinski definition) is 3. The summed E-state index contributed by atoms with van der Waals surface area (Å²) in [6.07, 6.45) is -1.46. The largest absolute Gasteiger partial charge is 0.451 e. The molecular formula is C15H13F3N4O. The van der Waals surface area contributed by atoms with Crippen molar-refractivity contribution < 1.29 is 18.0 Å². The third-order valence-electron chi connectivity index (χ3n) is 3.54. The van der Waals surface area contributed by atoms with Gasteiger partial charge in [0.15, 0.2) is 5.82 Å². The maximum atomic E-state index is 12.8. The lowest BCUT2D eigenvalue weighted by molar-refractivity contribution is -0.148. The van der Waals surface area contributed by atoms with Crippen LogP contribution in [0.1, 0.15) is 17.2 Å². The summed E-state index contributed by atoms with van der Waals surface area (Å²) >= 11 is 0. The van der Waals surface area contributed by atoms with Crippen molar-refractivity contribution in [1.29, 1.82) is 0 Å². The van der Waals surface area contributed by atoms with Crippen LogP contribution in [0.2, 0.25) is 0 Å². The summed E-state index contributed by atoms with van der Waals surface area (Å²) in [7, 11) is 0. The van der Waals surface area contributed by atoms with Gasteiger partial charge < -0.3 is 9.47 Å². The second kappa shape index (κ2) is 5.86. The van der Waals surface area contributed by atoms with Crippen LogP contribution in [-0.4, -0.2) is 32.1 Å². The van der Waals surface area contributed by atoms with Gasteiger partial charge in [-0.2, -0.15) is 13.2 Å². The molecule has 1 aromatic heterocycles. The Kier molecular flexibility index (Phi) is 3.89. The van der Waals surface area contributed by atoms with Gasteiger partial charge in [-0.05, 0) is 11.6 Å². The molecule has 1 amide bonds. The fraction of sp³-hybridized carbons (Fsp3) is 0.267. The van der Waals surface area contributed by atoms with Gasteiger partial charge in [-0.25, -0.2) is 0 Å². The van der Waals surface area contributed by atoms with E-state index < -0.39 is 12.0 Å². The summed E-state index contributed by atoms with van der Waals surface area (Å²) in [5.41, 5.74) is 0.875. The van der Waals surface area contributed by atoms with Gasteiger partial charge in [-0.15, -0.1) is 10.2 Å². The maximum absolute atomic E-state index is 12.8. The van der Waals surface area contributed by atoms with E-state index in [0.717, 1.165) is 10.1 Å². The van der Waals surface area contributed by atoms with Crippen LogP contribution in [0.5, 0.6) is 0 Å². The van der Waals surface area contributed by atoms with Crippen LogP contribution in [-0.2, 0) is 24.1 Å². The predicted octanol–water partition coefficient (Wildman–Crippen LogP) is 2.35. The summed E-state index contributed by atoms with van der Waals surface area (Å²) in [4.78, 5) is 13.6. The number of carbonyl (C=O) groups is 1. The zero-order valence-corrected chi connectivity index (χ0v) is 12.0. The normalized spacial score (nSPS) is 15.0. The highest BCUT2D eigenvalue weighted by atomic mass is 19.4. The van der Waals surface area contributed by atoms with Gasteiger partial charge in [0.05, 0.1) is 6.54 Å². The number of carbonyl (C=O) groups excluding carboxylic acids is 1. The molecule has 0 aliphatic carbocycles. The summed E-state index contributed by atoms with van der Waals surface area (Å²) < 4.78 is 39.3. The second-order valence-electron chi connectivity index (χ2n) is 5.09. The summed E-state index contributed by atoms with van der Waals surface area (Å²) in [5, 5.41) is 6.74. The number of halogens is 3. The Bertz CT molecular complexity index is 737. The van der Waals surface area contributed by atoms with Crippen molar-refractivity contribution in [3.63, 3.8) is 0 Å². The van der Waals surface area contributed by atoms with Crippen molar-refractivity contribution in [2.75, 3.05) is 6.54 Å². The second-order valence-corrected chi connectivity index (χ2v) is 5.09.